The number of anilines is 1. The molecule has 106 valence electrons. The molecule has 0 aliphatic rings. The molecule has 3 aromatic rings. The number of nitrogens with one attached hydrogen (secondary N) is 1. The maximum absolute atomic E-state index is 9.53. The van der Waals surface area contributed by atoms with Gasteiger partial charge in [-0.05, 0) is 35.9 Å². The standard InChI is InChI=1S/C15H13N3O2S/c1-20-13-8-10(6-7-12(13)19)9-16-18-15-17-11-4-2-3-5-14(11)21-15/h2-9,19H,1H3,(H,17,18)/b16-9-. The van der Waals surface area contributed by atoms with Gasteiger partial charge >= 0.3 is 0 Å². The van der Waals surface area contributed by atoms with E-state index in [0.717, 1.165) is 20.9 Å². The van der Waals surface area contributed by atoms with Crippen LogP contribution in [-0.4, -0.2) is 23.4 Å². The molecule has 1 heterocycles. The molecule has 0 saturated heterocycles. The quantitative estimate of drug-likeness (QED) is 0.572. The summed E-state index contributed by atoms with van der Waals surface area (Å²) in [6.45, 7) is 0. The van der Waals surface area contributed by atoms with Crippen molar-refractivity contribution in [3.05, 3.63) is 48.0 Å². The van der Waals surface area contributed by atoms with E-state index in [2.05, 4.69) is 15.5 Å². The molecule has 0 radical (unpaired) electrons. The van der Waals surface area contributed by atoms with Crippen LogP contribution in [0, 0.1) is 0 Å². The third-order valence-electron chi connectivity index (χ3n) is 2.87. The largest absolute Gasteiger partial charge is 0.504 e. The number of ether oxygens (including phenoxy) is 1. The number of hydrogen-bond donors (Lipinski definition) is 2. The summed E-state index contributed by atoms with van der Waals surface area (Å²) in [7, 11) is 1.51. The van der Waals surface area contributed by atoms with E-state index in [9.17, 15) is 5.11 Å². The average molecular weight is 299 g/mol. The normalized spacial score (nSPS) is 11.1. The van der Waals surface area contributed by atoms with Crippen LogP contribution in [0.15, 0.2) is 47.6 Å². The van der Waals surface area contributed by atoms with Crippen molar-refractivity contribution in [3.63, 3.8) is 0 Å². The number of aromatic nitrogens is 1. The fourth-order valence-corrected chi connectivity index (χ4v) is 2.67. The van der Waals surface area contributed by atoms with Crippen LogP contribution in [0.1, 0.15) is 5.56 Å². The Kier molecular flexibility index (Phi) is 3.70. The molecule has 0 bridgehead atoms. The molecule has 0 amide bonds. The van der Waals surface area contributed by atoms with Gasteiger partial charge in [-0.1, -0.05) is 23.5 Å². The molecule has 0 aliphatic carbocycles. The molecular weight excluding hydrogens is 286 g/mol. The van der Waals surface area contributed by atoms with E-state index in [1.807, 2.05) is 24.3 Å². The van der Waals surface area contributed by atoms with E-state index in [1.165, 1.54) is 7.11 Å². The minimum Gasteiger partial charge on any atom is -0.504 e. The number of rotatable bonds is 4. The predicted molar refractivity (Wildman–Crippen MR) is 85.5 cm³/mol. The van der Waals surface area contributed by atoms with Crippen molar-refractivity contribution in [2.45, 2.75) is 0 Å². The first-order chi connectivity index (χ1) is 10.3. The minimum atomic E-state index is 0.105. The van der Waals surface area contributed by atoms with Gasteiger partial charge in [-0.15, -0.1) is 0 Å². The topological polar surface area (TPSA) is 66.7 Å². The lowest BCUT2D eigenvalue weighted by atomic mass is 10.2. The van der Waals surface area contributed by atoms with Crippen LogP contribution in [0.3, 0.4) is 0 Å². The molecule has 0 aliphatic heterocycles. The SMILES string of the molecule is COc1cc(/C=N\Nc2nc3ccccc3s2)ccc1O. The van der Waals surface area contributed by atoms with Crippen molar-refractivity contribution in [3.8, 4) is 11.5 Å². The van der Waals surface area contributed by atoms with Crippen molar-refractivity contribution < 1.29 is 9.84 Å². The Balaban J connectivity index is 1.74. The van der Waals surface area contributed by atoms with Gasteiger partial charge in [0.25, 0.3) is 0 Å². The van der Waals surface area contributed by atoms with Gasteiger partial charge in [0.15, 0.2) is 11.5 Å². The third-order valence-corrected chi connectivity index (χ3v) is 3.81. The van der Waals surface area contributed by atoms with Gasteiger partial charge in [0.2, 0.25) is 5.13 Å². The van der Waals surface area contributed by atoms with Crippen LogP contribution in [-0.2, 0) is 0 Å². The highest BCUT2D eigenvalue weighted by atomic mass is 32.1. The van der Waals surface area contributed by atoms with Crippen LogP contribution in [0.25, 0.3) is 10.2 Å². The van der Waals surface area contributed by atoms with Gasteiger partial charge in [-0.3, -0.25) is 5.43 Å². The van der Waals surface area contributed by atoms with Gasteiger partial charge in [-0.25, -0.2) is 4.98 Å². The number of phenols is 1. The number of para-hydroxylation sites is 1. The Morgan fingerprint density at radius 3 is 2.95 bits per heavy atom. The van der Waals surface area contributed by atoms with Crippen LogP contribution in [0.5, 0.6) is 11.5 Å². The van der Waals surface area contributed by atoms with Crippen molar-refractivity contribution >= 4 is 32.9 Å². The summed E-state index contributed by atoms with van der Waals surface area (Å²) >= 11 is 1.54. The maximum atomic E-state index is 9.53. The number of benzene rings is 2. The number of nitrogens with zero attached hydrogens (tertiary/aromatic N) is 2. The molecule has 1 aromatic heterocycles. The van der Waals surface area contributed by atoms with Crippen LogP contribution in [0.4, 0.5) is 5.13 Å². The smallest absolute Gasteiger partial charge is 0.204 e. The average Bonchev–Trinajstić information content (AvgIpc) is 2.91. The van der Waals surface area contributed by atoms with Crippen LogP contribution >= 0.6 is 11.3 Å². The minimum absolute atomic E-state index is 0.105. The number of hydrazone groups is 1. The first-order valence-corrected chi connectivity index (χ1v) is 7.09. The molecule has 2 N–H and O–H groups in total. The zero-order chi connectivity index (χ0) is 14.7. The Hall–Kier alpha value is -2.60. The second kappa shape index (κ2) is 5.80. The molecule has 0 fully saturated rings. The zero-order valence-corrected chi connectivity index (χ0v) is 12.1. The highest BCUT2D eigenvalue weighted by Crippen LogP contribution is 2.26. The van der Waals surface area contributed by atoms with Crippen LogP contribution in [0.2, 0.25) is 0 Å². The summed E-state index contributed by atoms with van der Waals surface area (Å²) in [5.41, 5.74) is 4.68. The lowest BCUT2D eigenvalue weighted by Gasteiger charge is -2.03. The second-order valence-corrected chi connectivity index (χ2v) is 5.32. The molecule has 6 heteroatoms. The van der Waals surface area contributed by atoms with Crippen molar-refractivity contribution in [1.29, 1.82) is 0 Å². The molecule has 21 heavy (non-hydrogen) atoms. The van der Waals surface area contributed by atoms with Crippen LogP contribution < -0.4 is 10.2 Å². The molecule has 5 nitrogen and oxygen atoms in total. The number of aromatic hydroxyl groups is 1. The zero-order valence-electron chi connectivity index (χ0n) is 11.3. The summed E-state index contributed by atoms with van der Waals surface area (Å²) in [4.78, 5) is 4.42. The molecule has 3 rings (SSSR count). The molecule has 0 spiro atoms. The summed E-state index contributed by atoms with van der Waals surface area (Å²) < 4.78 is 6.16. The third kappa shape index (κ3) is 2.95. The van der Waals surface area contributed by atoms with E-state index < -0.39 is 0 Å². The monoisotopic (exact) mass is 299 g/mol. The van der Waals surface area contributed by atoms with E-state index in [4.69, 9.17) is 4.74 Å². The van der Waals surface area contributed by atoms with Gasteiger partial charge in [-0.2, -0.15) is 5.10 Å². The van der Waals surface area contributed by atoms with Gasteiger partial charge < -0.3 is 9.84 Å². The second-order valence-electron chi connectivity index (χ2n) is 4.29. The van der Waals surface area contributed by atoms with E-state index >= 15 is 0 Å². The predicted octanol–water partition coefficient (Wildman–Crippen LogP) is 3.46. The molecular formula is C15H13N3O2S. The Labute approximate surface area is 125 Å². The van der Waals surface area contributed by atoms with E-state index in [0.29, 0.717) is 5.75 Å². The van der Waals surface area contributed by atoms with Crippen molar-refractivity contribution in [2.24, 2.45) is 5.10 Å². The molecule has 0 saturated carbocycles. The highest BCUT2D eigenvalue weighted by Gasteiger charge is 2.02. The summed E-state index contributed by atoms with van der Waals surface area (Å²) in [5.74, 6) is 0.521. The fourth-order valence-electron chi connectivity index (χ4n) is 1.86. The van der Waals surface area contributed by atoms with Crippen molar-refractivity contribution in [1.82, 2.24) is 4.98 Å². The fraction of sp³-hybridized carbons (Fsp3) is 0.0667. The van der Waals surface area contributed by atoms with Gasteiger partial charge in [0.05, 0.1) is 23.5 Å². The lowest BCUT2D eigenvalue weighted by Crippen LogP contribution is -1.91. The number of phenolic OH excluding ortho intramolecular Hbond substituents is 1. The van der Waals surface area contributed by atoms with E-state index in [1.54, 1.807) is 35.8 Å². The first-order valence-electron chi connectivity index (χ1n) is 6.28. The number of fused-ring (bicyclic) bond motifs is 1. The van der Waals surface area contributed by atoms with Crippen molar-refractivity contribution in [2.75, 3.05) is 12.5 Å². The molecule has 0 atom stereocenters. The molecule has 0 unspecified atom stereocenters. The van der Waals surface area contributed by atoms with Gasteiger partial charge in [0.1, 0.15) is 0 Å². The number of hydrogen-bond acceptors (Lipinski definition) is 6. The summed E-state index contributed by atoms with van der Waals surface area (Å²) in [6, 6.07) is 12.9. The van der Waals surface area contributed by atoms with Gasteiger partial charge in [0, 0.05) is 0 Å². The number of methoxy groups -OCH3 is 1. The van der Waals surface area contributed by atoms with E-state index in [-0.39, 0.29) is 5.75 Å². The summed E-state index contributed by atoms with van der Waals surface area (Å²) in [5, 5.41) is 14.4. The lowest BCUT2D eigenvalue weighted by molar-refractivity contribution is 0.373. The first kappa shape index (κ1) is 13.4. The highest BCUT2D eigenvalue weighted by molar-refractivity contribution is 7.22. The number of thiazole rings is 1. The summed E-state index contributed by atoms with van der Waals surface area (Å²) in [6.07, 6.45) is 1.65. The maximum Gasteiger partial charge on any atom is 0.204 e. The Bertz CT molecular complexity index is 765. The molecule has 2 aromatic carbocycles. The Morgan fingerprint density at radius 1 is 1.29 bits per heavy atom. The Morgan fingerprint density at radius 2 is 2.14 bits per heavy atom.